The van der Waals surface area contributed by atoms with Crippen LogP contribution < -0.4 is 20.7 Å². The quantitative estimate of drug-likeness (QED) is 0.595. The van der Waals surface area contributed by atoms with Crippen molar-refractivity contribution < 1.29 is 27.5 Å². The minimum Gasteiger partial charge on any atom is -0.484 e. The molecule has 5 rings (SSSR count). The maximum absolute atomic E-state index is 12.4. The second-order valence-corrected chi connectivity index (χ2v) is 9.31. The number of amides is 3. The number of nitrogens with one attached hydrogen (secondary N) is 3. The molecule has 6 nitrogen and oxygen atoms in total. The van der Waals surface area contributed by atoms with Crippen molar-refractivity contribution in [1.82, 2.24) is 10.6 Å². The maximum atomic E-state index is 12.4. The van der Waals surface area contributed by atoms with Gasteiger partial charge in [-0.2, -0.15) is 13.2 Å². The van der Waals surface area contributed by atoms with Crippen LogP contribution in [0.2, 0.25) is 0 Å². The fourth-order valence-corrected chi connectivity index (χ4v) is 5.86. The van der Waals surface area contributed by atoms with E-state index in [-0.39, 0.29) is 36.2 Å². The minimum atomic E-state index is -4.40. The van der Waals surface area contributed by atoms with E-state index in [2.05, 4.69) is 20.7 Å². The van der Waals surface area contributed by atoms with Gasteiger partial charge in [-0.15, -0.1) is 0 Å². The summed E-state index contributed by atoms with van der Waals surface area (Å²) in [4.78, 5) is 24.5. The number of alkyl halides is 3. The molecule has 3 N–H and O–H groups in total. The molecule has 4 saturated carbocycles. The molecule has 9 heteroatoms. The normalized spacial score (nSPS) is 28.8. The molecule has 4 aliphatic carbocycles. The van der Waals surface area contributed by atoms with Crippen molar-refractivity contribution in [3.05, 3.63) is 24.3 Å². The number of carbonyl (C=O) groups excluding carboxylic acids is 2. The monoisotopic (exact) mass is 439 g/mol. The predicted octanol–water partition coefficient (Wildman–Crippen LogP) is 4.22. The minimum absolute atomic E-state index is 0.0679. The summed E-state index contributed by atoms with van der Waals surface area (Å²) < 4.78 is 41.1. The molecule has 1 aromatic carbocycles. The molecule has 0 aromatic heterocycles. The van der Waals surface area contributed by atoms with Gasteiger partial charge in [-0.1, -0.05) is 0 Å². The molecule has 0 radical (unpaired) electrons. The Balaban J connectivity index is 1.16. The Labute approximate surface area is 179 Å². The van der Waals surface area contributed by atoms with E-state index < -0.39 is 12.8 Å². The van der Waals surface area contributed by atoms with Crippen LogP contribution in [0.5, 0.6) is 5.75 Å². The van der Waals surface area contributed by atoms with Crippen LogP contribution in [0.15, 0.2) is 24.3 Å². The Kier molecular flexibility index (Phi) is 6.03. The smallest absolute Gasteiger partial charge is 0.422 e. The van der Waals surface area contributed by atoms with Crippen LogP contribution in [-0.4, -0.2) is 36.8 Å². The Morgan fingerprint density at radius 1 is 1.00 bits per heavy atom. The number of benzene rings is 1. The van der Waals surface area contributed by atoms with E-state index in [0.29, 0.717) is 5.69 Å². The molecule has 31 heavy (non-hydrogen) atoms. The van der Waals surface area contributed by atoms with E-state index in [9.17, 15) is 22.8 Å². The van der Waals surface area contributed by atoms with Crippen LogP contribution >= 0.6 is 0 Å². The van der Waals surface area contributed by atoms with Crippen molar-refractivity contribution >= 4 is 17.6 Å². The average molecular weight is 439 g/mol. The lowest BCUT2D eigenvalue weighted by molar-refractivity contribution is -0.153. The Morgan fingerprint density at radius 3 is 2.13 bits per heavy atom. The molecular formula is C22H28F3N3O3. The lowest BCUT2D eigenvalue weighted by Gasteiger charge is -2.56. The molecular weight excluding hydrogens is 411 g/mol. The highest BCUT2D eigenvalue weighted by Gasteiger charge is 2.51. The van der Waals surface area contributed by atoms with E-state index in [1.54, 1.807) is 0 Å². The summed E-state index contributed by atoms with van der Waals surface area (Å²) >= 11 is 0. The Morgan fingerprint density at radius 2 is 1.58 bits per heavy atom. The number of hydrogen-bond donors (Lipinski definition) is 3. The van der Waals surface area contributed by atoms with E-state index >= 15 is 0 Å². The number of ether oxygens (including phenoxy) is 1. The van der Waals surface area contributed by atoms with E-state index in [0.717, 1.165) is 37.0 Å². The number of halogens is 3. The number of anilines is 1. The van der Waals surface area contributed by atoms with Gasteiger partial charge in [-0.05, 0) is 80.5 Å². The number of carbonyl (C=O) groups is 2. The molecule has 3 amide bonds. The molecule has 1 aromatic rings. The zero-order valence-corrected chi connectivity index (χ0v) is 17.3. The molecule has 0 spiro atoms. The van der Waals surface area contributed by atoms with Crippen molar-refractivity contribution in [3.8, 4) is 5.75 Å². The SMILES string of the molecule is O=C(CCNC(=O)NC12CC3CC(CC(C3)C1)C2)Nc1ccc(OCC(F)(F)F)cc1. The third kappa shape index (κ3) is 5.83. The van der Waals surface area contributed by atoms with Crippen LogP contribution in [0.4, 0.5) is 23.7 Å². The molecule has 4 bridgehead atoms. The summed E-state index contributed by atoms with van der Waals surface area (Å²) in [6, 6.07) is 5.44. The Hall–Kier alpha value is -2.45. The maximum Gasteiger partial charge on any atom is 0.422 e. The number of rotatable bonds is 7. The summed E-state index contributed by atoms with van der Waals surface area (Å²) in [5, 5.41) is 8.63. The van der Waals surface area contributed by atoms with Gasteiger partial charge in [0.1, 0.15) is 5.75 Å². The summed E-state index contributed by atoms with van der Waals surface area (Å²) in [5.41, 5.74) is 0.374. The fraction of sp³-hybridized carbons (Fsp3) is 0.636. The standard InChI is InChI=1S/C22H28F3N3O3/c23-22(24,25)13-31-18-3-1-17(2-4-18)27-19(29)5-6-26-20(30)28-21-10-14-7-15(11-21)9-16(8-14)12-21/h1-4,14-16H,5-13H2,(H,27,29)(H2,26,28,30). The van der Waals surface area contributed by atoms with E-state index in [1.165, 1.54) is 43.5 Å². The zero-order chi connectivity index (χ0) is 22.1. The molecule has 170 valence electrons. The third-order valence-electron chi connectivity index (χ3n) is 6.60. The second-order valence-electron chi connectivity index (χ2n) is 9.31. The Bertz CT molecular complexity index is 775. The van der Waals surface area contributed by atoms with Gasteiger partial charge >= 0.3 is 12.2 Å². The molecule has 0 unspecified atom stereocenters. The molecule has 0 saturated heterocycles. The summed E-state index contributed by atoms with van der Waals surface area (Å²) in [5.74, 6) is 1.99. The van der Waals surface area contributed by atoms with Gasteiger partial charge in [0.25, 0.3) is 0 Å². The summed E-state index contributed by atoms with van der Waals surface area (Å²) in [6.07, 6.45) is 2.80. The average Bonchev–Trinajstić information content (AvgIpc) is 2.65. The van der Waals surface area contributed by atoms with Crippen LogP contribution in [0.25, 0.3) is 0 Å². The van der Waals surface area contributed by atoms with Crippen molar-refractivity contribution in [1.29, 1.82) is 0 Å². The van der Waals surface area contributed by atoms with Crippen molar-refractivity contribution in [2.45, 2.75) is 56.7 Å². The van der Waals surface area contributed by atoms with Gasteiger partial charge in [-0.25, -0.2) is 4.79 Å². The van der Waals surface area contributed by atoms with Gasteiger partial charge < -0.3 is 20.7 Å². The van der Waals surface area contributed by atoms with Gasteiger partial charge in [0.2, 0.25) is 5.91 Å². The second kappa shape index (κ2) is 8.59. The van der Waals surface area contributed by atoms with Gasteiger partial charge in [0.05, 0.1) is 0 Å². The first-order valence-corrected chi connectivity index (χ1v) is 10.8. The van der Waals surface area contributed by atoms with Crippen LogP contribution in [0.3, 0.4) is 0 Å². The summed E-state index contributed by atoms with van der Waals surface area (Å²) in [6.45, 7) is -1.16. The molecule has 4 fully saturated rings. The van der Waals surface area contributed by atoms with Gasteiger partial charge in [0, 0.05) is 24.2 Å². The van der Waals surface area contributed by atoms with E-state index in [4.69, 9.17) is 0 Å². The van der Waals surface area contributed by atoms with Crippen LogP contribution in [0, 0.1) is 17.8 Å². The fourth-order valence-electron chi connectivity index (χ4n) is 5.86. The molecule has 4 aliphatic rings. The first-order valence-electron chi connectivity index (χ1n) is 10.8. The first kappa shape index (κ1) is 21.8. The number of hydrogen-bond acceptors (Lipinski definition) is 3. The first-order chi connectivity index (χ1) is 14.7. The molecule has 0 atom stereocenters. The van der Waals surface area contributed by atoms with E-state index in [1.807, 2.05) is 0 Å². The van der Waals surface area contributed by atoms with Crippen LogP contribution in [-0.2, 0) is 4.79 Å². The highest BCUT2D eigenvalue weighted by atomic mass is 19.4. The largest absolute Gasteiger partial charge is 0.484 e. The van der Waals surface area contributed by atoms with Gasteiger partial charge in [0.15, 0.2) is 6.61 Å². The molecule has 0 heterocycles. The zero-order valence-electron chi connectivity index (χ0n) is 17.3. The van der Waals surface area contributed by atoms with Crippen LogP contribution in [0.1, 0.15) is 44.9 Å². The number of urea groups is 1. The summed E-state index contributed by atoms with van der Waals surface area (Å²) in [7, 11) is 0. The van der Waals surface area contributed by atoms with Crippen molar-refractivity contribution in [2.24, 2.45) is 17.8 Å². The highest BCUT2D eigenvalue weighted by Crippen LogP contribution is 2.55. The highest BCUT2D eigenvalue weighted by molar-refractivity contribution is 5.91. The predicted molar refractivity (Wildman–Crippen MR) is 109 cm³/mol. The topological polar surface area (TPSA) is 79.5 Å². The van der Waals surface area contributed by atoms with Crippen molar-refractivity contribution in [3.63, 3.8) is 0 Å². The lowest BCUT2D eigenvalue weighted by atomic mass is 9.53. The third-order valence-corrected chi connectivity index (χ3v) is 6.60. The van der Waals surface area contributed by atoms with Crippen molar-refractivity contribution in [2.75, 3.05) is 18.5 Å². The molecule has 0 aliphatic heterocycles. The lowest BCUT2D eigenvalue weighted by Crippen LogP contribution is -2.61. The van der Waals surface area contributed by atoms with Gasteiger partial charge in [-0.3, -0.25) is 4.79 Å².